The Morgan fingerprint density at radius 1 is 1.50 bits per heavy atom. The van der Waals surface area contributed by atoms with Crippen LogP contribution in [0.2, 0.25) is 0 Å². The molecule has 1 amide bonds. The van der Waals surface area contributed by atoms with Gasteiger partial charge in [0.25, 0.3) is 5.56 Å². The maximum absolute atomic E-state index is 12.4. The van der Waals surface area contributed by atoms with Crippen molar-refractivity contribution in [2.45, 2.75) is 39.8 Å². The summed E-state index contributed by atoms with van der Waals surface area (Å²) >= 11 is 0. The van der Waals surface area contributed by atoms with Crippen molar-refractivity contribution >= 4 is 5.91 Å². The van der Waals surface area contributed by atoms with Gasteiger partial charge in [0, 0.05) is 13.1 Å². The predicted molar refractivity (Wildman–Crippen MR) is 79.3 cm³/mol. The van der Waals surface area contributed by atoms with Crippen LogP contribution in [0, 0.1) is 25.2 Å². The molecule has 0 spiro atoms. The van der Waals surface area contributed by atoms with Crippen LogP contribution >= 0.6 is 0 Å². The van der Waals surface area contributed by atoms with E-state index < -0.39 is 5.56 Å². The van der Waals surface area contributed by atoms with Crippen LogP contribution in [0.3, 0.4) is 0 Å². The van der Waals surface area contributed by atoms with Crippen molar-refractivity contribution in [1.29, 1.82) is 5.26 Å². The van der Waals surface area contributed by atoms with E-state index in [1.165, 1.54) is 0 Å². The van der Waals surface area contributed by atoms with Gasteiger partial charge in [-0.2, -0.15) is 10.4 Å². The fraction of sp³-hybridized carbons (Fsp3) is 0.600. The largest absolute Gasteiger partial charge is 0.375 e. The summed E-state index contributed by atoms with van der Waals surface area (Å²) < 4.78 is 6.61. The lowest BCUT2D eigenvalue weighted by Gasteiger charge is -2.32. The van der Waals surface area contributed by atoms with Gasteiger partial charge < -0.3 is 9.64 Å². The molecule has 0 radical (unpaired) electrons. The first-order valence-electron chi connectivity index (χ1n) is 7.35. The maximum Gasteiger partial charge on any atom is 0.285 e. The van der Waals surface area contributed by atoms with Crippen molar-refractivity contribution in [3.8, 4) is 6.07 Å². The molecule has 1 fully saturated rings. The smallest absolute Gasteiger partial charge is 0.285 e. The number of morpholine rings is 1. The molecule has 1 saturated heterocycles. The Bertz CT molecular complexity index is 675. The summed E-state index contributed by atoms with van der Waals surface area (Å²) in [5.41, 5.74) is 0.680. The second-order valence-corrected chi connectivity index (χ2v) is 5.40. The molecule has 7 nitrogen and oxygen atoms in total. The minimum absolute atomic E-state index is 0.0387. The van der Waals surface area contributed by atoms with Gasteiger partial charge in [-0.15, -0.1) is 0 Å². The number of nitrogens with zero attached hydrogens (tertiary/aromatic N) is 4. The van der Waals surface area contributed by atoms with E-state index in [0.717, 1.165) is 11.1 Å². The Morgan fingerprint density at radius 3 is 2.86 bits per heavy atom. The molecular weight excluding hydrogens is 284 g/mol. The summed E-state index contributed by atoms with van der Waals surface area (Å²) in [5, 5.41) is 13.2. The highest BCUT2D eigenvalue weighted by molar-refractivity contribution is 5.76. The van der Waals surface area contributed by atoms with E-state index in [4.69, 9.17) is 10.00 Å². The molecule has 1 aliphatic rings. The minimum atomic E-state index is -0.515. The van der Waals surface area contributed by atoms with Crippen molar-refractivity contribution in [2.75, 3.05) is 19.7 Å². The zero-order chi connectivity index (χ0) is 16.3. The number of carbonyl (C=O) groups excluding carboxylic acids is 1. The summed E-state index contributed by atoms with van der Waals surface area (Å²) in [6.07, 6.45) is 0.876. The SMILES string of the molecule is CCC1CN(C(=O)Cn2nc(C)c(C)c(C#N)c2=O)CCO1. The van der Waals surface area contributed by atoms with Crippen LogP contribution < -0.4 is 5.56 Å². The lowest BCUT2D eigenvalue weighted by Crippen LogP contribution is -2.47. The van der Waals surface area contributed by atoms with Gasteiger partial charge in [-0.1, -0.05) is 6.92 Å². The first kappa shape index (κ1) is 16.2. The Hall–Kier alpha value is -2.20. The van der Waals surface area contributed by atoms with Crippen molar-refractivity contribution < 1.29 is 9.53 Å². The lowest BCUT2D eigenvalue weighted by molar-refractivity contribution is -0.139. The molecule has 1 unspecified atom stereocenters. The second-order valence-electron chi connectivity index (χ2n) is 5.40. The second kappa shape index (κ2) is 6.71. The molecule has 1 atom stereocenters. The number of aryl methyl sites for hydroxylation is 1. The van der Waals surface area contributed by atoms with Crippen molar-refractivity contribution in [3.05, 3.63) is 27.2 Å². The molecule has 2 rings (SSSR count). The molecule has 0 N–H and O–H groups in total. The zero-order valence-electron chi connectivity index (χ0n) is 13.1. The molecule has 0 aliphatic carbocycles. The molecule has 1 aliphatic heterocycles. The Labute approximate surface area is 129 Å². The molecule has 2 heterocycles. The topological polar surface area (TPSA) is 88.2 Å². The molecule has 7 heteroatoms. The summed E-state index contributed by atoms with van der Waals surface area (Å²) in [7, 11) is 0. The summed E-state index contributed by atoms with van der Waals surface area (Å²) in [6.45, 7) is 6.81. The fourth-order valence-electron chi connectivity index (χ4n) is 2.43. The molecule has 1 aromatic heterocycles. The van der Waals surface area contributed by atoms with Gasteiger partial charge in [0.2, 0.25) is 5.91 Å². The van der Waals surface area contributed by atoms with E-state index in [1.54, 1.807) is 18.7 Å². The Balaban J connectivity index is 2.21. The fourth-order valence-corrected chi connectivity index (χ4v) is 2.43. The van der Waals surface area contributed by atoms with Gasteiger partial charge in [-0.25, -0.2) is 4.68 Å². The van der Waals surface area contributed by atoms with Crippen molar-refractivity contribution in [3.63, 3.8) is 0 Å². The van der Waals surface area contributed by atoms with Gasteiger partial charge in [0.1, 0.15) is 18.2 Å². The Kier molecular flexibility index (Phi) is 4.93. The van der Waals surface area contributed by atoms with Crippen LogP contribution in [0.25, 0.3) is 0 Å². The first-order chi connectivity index (χ1) is 10.5. The Morgan fingerprint density at radius 2 is 2.23 bits per heavy atom. The van der Waals surface area contributed by atoms with Crippen LogP contribution in [0.1, 0.15) is 30.2 Å². The highest BCUT2D eigenvalue weighted by Gasteiger charge is 2.24. The van der Waals surface area contributed by atoms with Gasteiger partial charge in [-0.05, 0) is 25.8 Å². The molecule has 118 valence electrons. The molecule has 0 saturated carbocycles. The van der Waals surface area contributed by atoms with E-state index >= 15 is 0 Å². The minimum Gasteiger partial charge on any atom is -0.375 e. The quantitative estimate of drug-likeness (QED) is 0.805. The van der Waals surface area contributed by atoms with Crippen LogP contribution in [-0.4, -0.2) is 46.4 Å². The summed E-state index contributed by atoms with van der Waals surface area (Å²) in [4.78, 5) is 26.2. The summed E-state index contributed by atoms with van der Waals surface area (Å²) in [6, 6.07) is 1.90. The lowest BCUT2D eigenvalue weighted by atomic mass is 10.1. The van der Waals surface area contributed by atoms with Gasteiger partial charge in [0.05, 0.1) is 18.4 Å². The van der Waals surface area contributed by atoms with Gasteiger partial charge >= 0.3 is 0 Å². The van der Waals surface area contributed by atoms with Crippen LogP contribution in [0.15, 0.2) is 4.79 Å². The molecule has 0 aromatic carbocycles. The number of ether oxygens (including phenoxy) is 1. The number of hydrogen-bond acceptors (Lipinski definition) is 5. The molecule has 0 bridgehead atoms. The van der Waals surface area contributed by atoms with E-state index in [0.29, 0.717) is 31.0 Å². The standard InChI is InChI=1S/C15H20N4O3/c1-4-12-8-18(5-6-22-12)14(20)9-19-15(21)13(7-16)10(2)11(3)17-19/h12H,4-6,8-9H2,1-3H3. The number of aromatic nitrogens is 2. The molecule has 22 heavy (non-hydrogen) atoms. The number of nitriles is 1. The van der Waals surface area contributed by atoms with Crippen molar-refractivity contribution in [1.82, 2.24) is 14.7 Å². The van der Waals surface area contributed by atoms with E-state index in [-0.39, 0.29) is 24.1 Å². The van der Waals surface area contributed by atoms with E-state index in [2.05, 4.69) is 5.10 Å². The molecule has 1 aromatic rings. The van der Waals surface area contributed by atoms with Gasteiger partial charge in [-0.3, -0.25) is 9.59 Å². The summed E-state index contributed by atoms with van der Waals surface area (Å²) in [5.74, 6) is -0.177. The van der Waals surface area contributed by atoms with E-state index in [9.17, 15) is 9.59 Å². The normalized spacial score (nSPS) is 18.1. The highest BCUT2D eigenvalue weighted by Crippen LogP contribution is 2.09. The number of carbonyl (C=O) groups is 1. The number of rotatable bonds is 3. The number of amides is 1. The average molecular weight is 304 g/mol. The maximum atomic E-state index is 12.4. The van der Waals surface area contributed by atoms with Crippen molar-refractivity contribution in [2.24, 2.45) is 0 Å². The number of hydrogen-bond donors (Lipinski definition) is 0. The predicted octanol–water partition coefficient (Wildman–Crippen LogP) is 0.369. The van der Waals surface area contributed by atoms with Gasteiger partial charge in [0.15, 0.2) is 0 Å². The third kappa shape index (κ3) is 3.17. The van der Waals surface area contributed by atoms with E-state index in [1.807, 2.05) is 13.0 Å². The zero-order valence-corrected chi connectivity index (χ0v) is 13.1. The third-order valence-electron chi connectivity index (χ3n) is 3.98. The van der Waals surface area contributed by atoms with Crippen LogP contribution in [-0.2, 0) is 16.1 Å². The third-order valence-corrected chi connectivity index (χ3v) is 3.98. The first-order valence-corrected chi connectivity index (χ1v) is 7.35. The average Bonchev–Trinajstić information content (AvgIpc) is 2.53. The molecular formula is C15H20N4O3. The monoisotopic (exact) mass is 304 g/mol. The highest BCUT2D eigenvalue weighted by atomic mass is 16.5. The van der Waals surface area contributed by atoms with Crippen LogP contribution in [0.4, 0.5) is 0 Å². The van der Waals surface area contributed by atoms with Crippen LogP contribution in [0.5, 0.6) is 0 Å².